The molecule has 0 heterocycles. The number of carboxylic acid groups (broad SMARTS) is 1. The van der Waals surface area contributed by atoms with Gasteiger partial charge in [0.25, 0.3) is 0 Å². The van der Waals surface area contributed by atoms with Gasteiger partial charge in [-0.2, -0.15) is 0 Å². The van der Waals surface area contributed by atoms with Gasteiger partial charge in [0.05, 0.1) is 11.0 Å². The van der Waals surface area contributed by atoms with Gasteiger partial charge in [-0.3, -0.25) is 4.79 Å². The first kappa shape index (κ1) is 15.2. The molecule has 0 aromatic heterocycles. The van der Waals surface area contributed by atoms with Crippen LogP contribution in [0.4, 0.5) is 5.69 Å². The Morgan fingerprint density at radius 2 is 1.79 bits per heavy atom. The summed E-state index contributed by atoms with van der Waals surface area (Å²) >= 11 is 0. The van der Waals surface area contributed by atoms with Gasteiger partial charge in [-0.15, -0.1) is 0 Å². The van der Waals surface area contributed by atoms with Gasteiger partial charge in [0, 0.05) is 11.2 Å². The minimum absolute atomic E-state index is 0.127. The monoisotopic (exact) mass is 264 g/mol. The Hall–Kier alpha value is -1.88. The van der Waals surface area contributed by atoms with Gasteiger partial charge in [-0.25, -0.2) is 4.79 Å². The number of carbonyl (C=O) groups is 2. The maximum absolute atomic E-state index is 12.2. The first-order chi connectivity index (χ1) is 8.55. The normalized spacial score (nSPS) is 12.1. The second kappa shape index (κ2) is 5.01. The number of nitrogens with one attached hydrogen (secondary N) is 1. The van der Waals surface area contributed by atoms with Crippen molar-refractivity contribution in [2.45, 2.75) is 33.2 Å². The summed E-state index contributed by atoms with van der Waals surface area (Å²) in [5.74, 6) is -1.28. The standard InChI is InChI=1S/C14H20N2O3/c1-13(2,14(3,4)15)12(19)16-10-7-5-6-9(8-10)11(17)18/h5-8H,15H2,1-4H3,(H,16,19)(H,17,18). The summed E-state index contributed by atoms with van der Waals surface area (Å²) in [6.45, 7) is 7.06. The summed E-state index contributed by atoms with van der Waals surface area (Å²) in [4.78, 5) is 23.1. The van der Waals surface area contributed by atoms with Crippen LogP contribution in [0.3, 0.4) is 0 Å². The highest BCUT2D eigenvalue weighted by atomic mass is 16.4. The van der Waals surface area contributed by atoms with Crippen molar-refractivity contribution in [1.82, 2.24) is 0 Å². The third kappa shape index (κ3) is 3.32. The van der Waals surface area contributed by atoms with Crippen LogP contribution in [0.15, 0.2) is 24.3 Å². The van der Waals surface area contributed by atoms with Gasteiger partial charge in [-0.1, -0.05) is 6.07 Å². The molecule has 0 spiro atoms. The highest BCUT2D eigenvalue weighted by Crippen LogP contribution is 2.29. The predicted molar refractivity (Wildman–Crippen MR) is 74.1 cm³/mol. The minimum atomic E-state index is -1.03. The lowest BCUT2D eigenvalue weighted by atomic mass is 9.74. The largest absolute Gasteiger partial charge is 0.478 e. The number of rotatable bonds is 4. The highest BCUT2D eigenvalue weighted by Gasteiger charge is 2.40. The number of nitrogens with two attached hydrogens (primary N) is 1. The quantitative estimate of drug-likeness (QED) is 0.776. The first-order valence-electron chi connectivity index (χ1n) is 5.99. The van der Waals surface area contributed by atoms with E-state index in [1.807, 2.05) is 0 Å². The second-order valence-electron chi connectivity index (χ2n) is 5.69. The molecule has 0 fully saturated rings. The summed E-state index contributed by atoms with van der Waals surface area (Å²) in [6, 6.07) is 6.11. The topological polar surface area (TPSA) is 92.4 Å². The third-order valence-corrected chi connectivity index (χ3v) is 3.55. The number of amides is 1. The van der Waals surface area contributed by atoms with E-state index in [-0.39, 0.29) is 11.5 Å². The van der Waals surface area contributed by atoms with Crippen molar-refractivity contribution in [3.63, 3.8) is 0 Å². The predicted octanol–water partition coefficient (Wildman–Crippen LogP) is 2.09. The Kier molecular flexibility index (Phi) is 4.00. The molecule has 0 saturated carbocycles. The molecular weight excluding hydrogens is 244 g/mol. The van der Waals surface area contributed by atoms with Crippen LogP contribution in [0.5, 0.6) is 0 Å². The SMILES string of the molecule is CC(C)(N)C(C)(C)C(=O)Nc1cccc(C(=O)O)c1. The van der Waals surface area contributed by atoms with E-state index in [9.17, 15) is 9.59 Å². The van der Waals surface area contributed by atoms with E-state index in [2.05, 4.69) is 5.32 Å². The third-order valence-electron chi connectivity index (χ3n) is 3.55. The summed E-state index contributed by atoms with van der Waals surface area (Å²) in [6.07, 6.45) is 0. The van der Waals surface area contributed by atoms with Crippen LogP contribution in [0.2, 0.25) is 0 Å². The molecule has 1 amide bonds. The molecule has 0 bridgehead atoms. The van der Waals surface area contributed by atoms with Gasteiger partial charge in [0.15, 0.2) is 0 Å². The fourth-order valence-corrected chi connectivity index (χ4v) is 1.31. The lowest BCUT2D eigenvalue weighted by molar-refractivity contribution is -0.126. The Morgan fingerprint density at radius 3 is 2.26 bits per heavy atom. The van der Waals surface area contributed by atoms with Gasteiger partial charge in [-0.05, 0) is 45.9 Å². The fraction of sp³-hybridized carbons (Fsp3) is 0.429. The van der Waals surface area contributed by atoms with Crippen molar-refractivity contribution in [3.05, 3.63) is 29.8 Å². The zero-order chi connectivity index (χ0) is 14.8. The van der Waals surface area contributed by atoms with Crippen molar-refractivity contribution in [2.75, 3.05) is 5.32 Å². The van der Waals surface area contributed by atoms with E-state index < -0.39 is 16.9 Å². The van der Waals surface area contributed by atoms with Gasteiger partial charge < -0.3 is 16.2 Å². The van der Waals surface area contributed by atoms with Crippen molar-refractivity contribution in [3.8, 4) is 0 Å². The van der Waals surface area contributed by atoms with Crippen molar-refractivity contribution in [1.29, 1.82) is 0 Å². The van der Waals surface area contributed by atoms with E-state index in [4.69, 9.17) is 10.8 Å². The molecule has 1 rings (SSSR count). The average Bonchev–Trinajstić information content (AvgIpc) is 2.27. The molecule has 5 nitrogen and oxygen atoms in total. The summed E-state index contributed by atoms with van der Waals surface area (Å²) in [5, 5.41) is 11.6. The zero-order valence-corrected chi connectivity index (χ0v) is 11.7. The maximum Gasteiger partial charge on any atom is 0.335 e. The molecule has 1 aromatic rings. The van der Waals surface area contributed by atoms with Crippen LogP contribution in [0.1, 0.15) is 38.1 Å². The lowest BCUT2D eigenvalue weighted by Gasteiger charge is -2.36. The van der Waals surface area contributed by atoms with Crippen molar-refractivity contribution >= 4 is 17.6 Å². The molecule has 0 saturated heterocycles. The van der Waals surface area contributed by atoms with E-state index in [0.717, 1.165) is 0 Å². The Balaban J connectivity index is 2.95. The molecule has 0 atom stereocenters. The Bertz CT molecular complexity index is 502. The number of anilines is 1. The number of aromatic carboxylic acids is 1. The summed E-state index contributed by atoms with van der Waals surface area (Å²) in [7, 11) is 0. The number of carboxylic acids is 1. The van der Waals surface area contributed by atoms with E-state index >= 15 is 0 Å². The maximum atomic E-state index is 12.2. The van der Waals surface area contributed by atoms with Crippen LogP contribution < -0.4 is 11.1 Å². The summed E-state index contributed by atoms with van der Waals surface area (Å²) in [5.41, 5.74) is 5.09. The van der Waals surface area contributed by atoms with Crippen molar-refractivity contribution in [2.24, 2.45) is 11.1 Å². The number of benzene rings is 1. The number of hydrogen-bond acceptors (Lipinski definition) is 3. The molecule has 104 valence electrons. The molecule has 0 aliphatic rings. The van der Waals surface area contributed by atoms with E-state index in [0.29, 0.717) is 5.69 Å². The zero-order valence-electron chi connectivity index (χ0n) is 11.7. The molecule has 1 aromatic carbocycles. The molecule has 4 N–H and O–H groups in total. The molecule has 19 heavy (non-hydrogen) atoms. The smallest absolute Gasteiger partial charge is 0.335 e. The number of hydrogen-bond donors (Lipinski definition) is 3. The Labute approximate surface area is 112 Å². The van der Waals surface area contributed by atoms with Crippen LogP contribution >= 0.6 is 0 Å². The minimum Gasteiger partial charge on any atom is -0.478 e. The molecule has 5 heteroatoms. The Morgan fingerprint density at radius 1 is 1.21 bits per heavy atom. The van der Waals surface area contributed by atoms with Gasteiger partial charge >= 0.3 is 5.97 Å². The first-order valence-corrected chi connectivity index (χ1v) is 5.99. The molecule has 0 aliphatic carbocycles. The molecule has 0 radical (unpaired) electrons. The molecular formula is C14H20N2O3. The van der Waals surface area contributed by atoms with E-state index in [1.54, 1.807) is 39.8 Å². The van der Waals surface area contributed by atoms with Crippen LogP contribution in [0, 0.1) is 5.41 Å². The number of carbonyl (C=O) groups excluding carboxylic acids is 1. The second-order valence-corrected chi connectivity index (χ2v) is 5.69. The highest BCUT2D eigenvalue weighted by molar-refractivity contribution is 5.97. The van der Waals surface area contributed by atoms with Crippen LogP contribution in [0.25, 0.3) is 0 Å². The van der Waals surface area contributed by atoms with Gasteiger partial charge in [0.2, 0.25) is 5.91 Å². The van der Waals surface area contributed by atoms with Crippen molar-refractivity contribution < 1.29 is 14.7 Å². The molecule has 0 aliphatic heterocycles. The lowest BCUT2D eigenvalue weighted by Crippen LogP contribution is -2.53. The fourth-order valence-electron chi connectivity index (χ4n) is 1.31. The van der Waals surface area contributed by atoms with Crippen LogP contribution in [-0.4, -0.2) is 22.5 Å². The summed E-state index contributed by atoms with van der Waals surface area (Å²) < 4.78 is 0. The average molecular weight is 264 g/mol. The van der Waals surface area contributed by atoms with Gasteiger partial charge in [0.1, 0.15) is 0 Å². The van der Waals surface area contributed by atoms with E-state index in [1.165, 1.54) is 12.1 Å². The van der Waals surface area contributed by atoms with Crippen LogP contribution in [-0.2, 0) is 4.79 Å². The molecule has 0 unspecified atom stereocenters.